The molecule has 0 unspecified atom stereocenters. The van der Waals surface area contributed by atoms with Gasteiger partial charge in [-0.15, -0.1) is 0 Å². The first-order chi connectivity index (χ1) is 48.0. The van der Waals surface area contributed by atoms with Crippen LogP contribution in [0.15, 0.2) is 35.3 Å². The van der Waals surface area contributed by atoms with Crippen molar-refractivity contribution >= 4 is 94.7 Å². The number of aliphatic hydroxyl groups excluding tert-OH is 2. The monoisotopic (exact) mass is 1450 g/mol. The summed E-state index contributed by atoms with van der Waals surface area (Å²) in [4.78, 5) is 204. The lowest BCUT2D eigenvalue weighted by molar-refractivity contribution is -0.139. The van der Waals surface area contributed by atoms with E-state index in [1.165, 1.54) is 0 Å². The molecule has 0 bridgehead atoms. The number of hydrogen-bond donors (Lipinski definition) is 21. The summed E-state index contributed by atoms with van der Waals surface area (Å²) in [5.74, 6) is -16.5. The second-order valence-electron chi connectivity index (χ2n) is 25.6. The number of rotatable bonds is 51. The van der Waals surface area contributed by atoms with Gasteiger partial charge in [0.2, 0.25) is 76.8 Å². The molecule has 0 aliphatic rings. The molecule has 102 heavy (non-hydrogen) atoms. The lowest BCUT2D eigenvalue weighted by Gasteiger charge is -2.30. The molecule has 0 fully saturated rings. The average Bonchev–Trinajstić information content (AvgIpc) is 0.860. The Morgan fingerprint density at radius 3 is 1.35 bits per heavy atom. The van der Waals surface area contributed by atoms with Crippen LogP contribution in [0.2, 0.25) is 0 Å². The van der Waals surface area contributed by atoms with Crippen LogP contribution in [-0.4, -0.2) is 220 Å². The summed E-state index contributed by atoms with van der Waals surface area (Å²) in [5, 5.41) is 69.7. The molecule has 0 aromatic heterocycles. The molecule has 1 aromatic carbocycles. The Balaban J connectivity index is 3.51. The minimum absolute atomic E-state index is 0.00923. The van der Waals surface area contributed by atoms with Gasteiger partial charge in [0.15, 0.2) is 5.96 Å². The van der Waals surface area contributed by atoms with Gasteiger partial charge in [-0.1, -0.05) is 78.3 Å². The van der Waals surface area contributed by atoms with Gasteiger partial charge in [-0.2, -0.15) is 0 Å². The number of nitrogens with one attached hydrogen (secondary N) is 12. The van der Waals surface area contributed by atoms with Gasteiger partial charge in [-0.3, -0.25) is 76.9 Å². The molecule has 0 aliphatic carbocycles. The molecule has 0 heterocycles. The second-order valence-corrected chi connectivity index (χ2v) is 25.6. The maximum atomic E-state index is 14.2. The van der Waals surface area contributed by atoms with Crippen LogP contribution in [0.4, 0.5) is 0 Å². The average molecular weight is 1450 g/mol. The zero-order valence-electron chi connectivity index (χ0n) is 59.4. The standard InChI is InChI=1S/C65H110N18O19/c1-9-36(6)52(83-59(97)44(73-38(8)86)24-26-50(90)91)63(101)82-51(35(4)5)62(100)77-43(22-17-29-71-65(69)70)58(96)80-47(33-84)61(99)78-46(31-39-18-11-10-12-19-39)55(93)72-32-48(87)81-53(37(7)85)64(102)79-45(30-34(2)3)60(98)76-42(21-14-16-28-67)57(95)75-41(20-13-15-27-66)56(94)74-40(54(68)92)23-25-49(88)89/h10-12,18-19,34-37,40-47,51-53,84-85H,9,13-17,20-33,66-67H2,1-8H3,(H2,68,92)(H,72,93)(H,73,86)(H,74,94)(H,75,95)(H,76,98)(H,77,100)(H,78,99)(H,79,102)(H,80,96)(H,81,87)(H,82,101)(H,83,97)(H,88,89)(H,90,91)(H4,69,70,71)/t36-,37+,40-,41-,42-,43-,44-,45-,46-,47-,51-,52-,53-/m0/s1. The van der Waals surface area contributed by atoms with E-state index < -0.39 is 199 Å². The molecule has 37 nitrogen and oxygen atoms in total. The van der Waals surface area contributed by atoms with E-state index in [4.69, 9.17) is 33.8 Å². The number of hydrogen-bond acceptors (Lipinski definition) is 20. The minimum Gasteiger partial charge on any atom is -0.481 e. The number of benzene rings is 1. The Hall–Kier alpha value is -9.62. The zero-order chi connectivity index (χ0) is 77.3. The largest absolute Gasteiger partial charge is 0.481 e. The van der Waals surface area contributed by atoms with E-state index in [0.29, 0.717) is 37.7 Å². The predicted molar refractivity (Wildman–Crippen MR) is 371 cm³/mol. The smallest absolute Gasteiger partial charge is 0.303 e. The quantitative estimate of drug-likeness (QED) is 0.0164. The molecule has 26 N–H and O–H groups in total. The lowest BCUT2D eigenvalue weighted by atomic mass is 9.95. The first-order valence-corrected chi connectivity index (χ1v) is 34.1. The highest BCUT2D eigenvalue weighted by Crippen LogP contribution is 2.15. The highest BCUT2D eigenvalue weighted by Gasteiger charge is 2.38. The van der Waals surface area contributed by atoms with Crippen molar-refractivity contribution in [2.75, 3.05) is 32.8 Å². The number of aliphatic imine (C=N–C) groups is 1. The zero-order valence-corrected chi connectivity index (χ0v) is 59.4. The van der Waals surface area contributed by atoms with Crippen molar-refractivity contribution in [2.45, 2.75) is 224 Å². The van der Waals surface area contributed by atoms with Crippen molar-refractivity contribution < 1.29 is 92.3 Å². The number of unbranched alkanes of at least 4 members (excludes halogenated alkanes) is 2. The van der Waals surface area contributed by atoms with Crippen LogP contribution in [0.25, 0.3) is 0 Å². The summed E-state index contributed by atoms with van der Waals surface area (Å²) in [5.41, 5.74) is 28.3. The van der Waals surface area contributed by atoms with E-state index >= 15 is 0 Å². The number of primary amides is 1. The van der Waals surface area contributed by atoms with Crippen LogP contribution in [0.3, 0.4) is 0 Å². The molecular weight excluding hydrogens is 1340 g/mol. The normalized spacial score (nSPS) is 14.9. The van der Waals surface area contributed by atoms with Crippen molar-refractivity contribution in [2.24, 2.45) is 51.4 Å². The summed E-state index contributed by atoms with van der Waals surface area (Å²) >= 11 is 0. The number of carboxylic acid groups (broad SMARTS) is 2. The summed E-state index contributed by atoms with van der Waals surface area (Å²) in [6, 6.07) is -8.04. The topological polar surface area (TPSA) is 624 Å². The molecule has 574 valence electrons. The van der Waals surface area contributed by atoms with Crippen molar-refractivity contribution in [1.82, 2.24) is 63.8 Å². The Morgan fingerprint density at radius 2 is 0.892 bits per heavy atom. The van der Waals surface area contributed by atoms with Crippen LogP contribution >= 0.6 is 0 Å². The number of aliphatic carboxylic acids is 2. The molecule has 13 amide bonds. The molecule has 1 rings (SSSR count). The van der Waals surface area contributed by atoms with Crippen LogP contribution in [0.5, 0.6) is 0 Å². The molecule has 37 heteroatoms. The minimum atomic E-state index is -1.82. The molecule has 0 saturated carbocycles. The highest BCUT2D eigenvalue weighted by atomic mass is 16.4. The van der Waals surface area contributed by atoms with Crippen LogP contribution in [0, 0.1) is 17.8 Å². The third-order valence-corrected chi connectivity index (χ3v) is 16.0. The van der Waals surface area contributed by atoms with Gasteiger partial charge in [-0.05, 0) is 114 Å². The Bertz CT molecular complexity index is 2970. The number of amides is 13. The number of nitrogens with two attached hydrogens (primary N) is 5. The van der Waals surface area contributed by atoms with Gasteiger partial charge in [-0.25, -0.2) is 0 Å². The maximum Gasteiger partial charge on any atom is 0.303 e. The third-order valence-electron chi connectivity index (χ3n) is 16.0. The van der Waals surface area contributed by atoms with Crippen LogP contribution < -0.4 is 92.5 Å². The predicted octanol–water partition coefficient (Wildman–Crippen LogP) is -5.65. The van der Waals surface area contributed by atoms with Gasteiger partial charge < -0.3 is 113 Å². The van der Waals surface area contributed by atoms with E-state index in [0.717, 1.165) is 13.8 Å². The van der Waals surface area contributed by atoms with Gasteiger partial charge in [0.05, 0.1) is 19.3 Å². The van der Waals surface area contributed by atoms with Crippen LogP contribution in [-0.2, 0) is 78.3 Å². The highest BCUT2D eigenvalue weighted by molar-refractivity contribution is 5.99. The number of carbonyl (C=O) groups is 15. The summed E-state index contributed by atoms with van der Waals surface area (Å²) in [6.07, 6.45) is -1.97. The Labute approximate surface area is 593 Å². The number of nitrogens with zero attached hydrogens (tertiary/aromatic N) is 1. The van der Waals surface area contributed by atoms with E-state index in [1.807, 2.05) is 0 Å². The van der Waals surface area contributed by atoms with Crippen molar-refractivity contribution in [3.05, 3.63) is 35.9 Å². The fraction of sp³-hybridized carbons (Fsp3) is 0.662. The van der Waals surface area contributed by atoms with E-state index in [-0.39, 0.29) is 82.9 Å². The SMILES string of the molecule is CC[C@H](C)[C@H](NC(=O)[C@H](CCC(=O)O)NC(C)=O)C(=O)N[C@H](C(=O)N[C@@H](CCCN=C(N)N)C(=O)N[C@@H](CO)C(=O)N[C@@H](Cc1ccccc1)C(=O)NCC(=O)N[C@H](C(=O)N[C@@H](CC(C)C)C(=O)N[C@@H](CCCCN)C(=O)N[C@@H](CCCCN)C(=O)N[C@@H](CCC(=O)O)C(N)=O)[C@@H](C)O)C(C)C. The van der Waals surface area contributed by atoms with Crippen molar-refractivity contribution in [3.8, 4) is 0 Å². The van der Waals surface area contributed by atoms with Gasteiger partial charge >= 0.3 is 11.9 Å². The fourth-order valence-corrected chi connectivity index (χ4v) is 10.1. The van der Waals surface area contributed by atoms with Gasteiger partial charge in [0.1, 0.15) is 66.5 Å². The molecular formula is C65H110N18O19. The Morgan fingerprint density at radius 1 is 0.471 bits per heavy atom. The van der Waals surface area contributed by atoms with Crippen LogP contribution in [0.1, 0.15) is 151 Å². The van der Waals surface area contributed by atoms with Crippen molar-refractivity contribution in [3.63, 3.8) is 0 Å². The molecule has 1 aromatic rings. The lowest BCUT2D eigenvalue weighted by Crippen LogP contribution is -2.62. The van der Waals surface area contributed by atoms with E-state index in [2.05, 4.69) is 68.8 Å². The second kappa shape index (κ2) is 48.2. The third kappa shape index (κ3) is 35.6. The summed E-state index contributed by atoms with van der Waals surface area (Å²) in [7, 11) is 0. The van der Waals surface area contributed by atoms with Gasteiger partial charge in [0.25, 0.3) is 0 Å². The maximum absolute atomic E-state index is 14.2. The molecule has 0 radical (unpaired) electrons. The first kappa shape index (κ1) is 90.4. The molecule has 0 spiro atoms. The first-order valence-electron chi connectivity index (χ1n) is 34.1. The Kier molecular flexibility index (Phi) is 42.8. The molecule has 0 aliphatic heterocycles. The van der Waals surface area contributed by atoms with E-state index in [1.54, 1.807) is 71.9 Å². The number of carbonyl (C=O) groups excluding carboxylic acids is 13. The number of guanidine groups is 1. The molecule has 13 atom stereocenters. The summed E-state index contributed by atoms with van der Waals surface area (Å²) < 4.78 is 0. The van der Waals surface area contributed by atoms with Gasteiger partial charge in [0, 0.05) is 32.7 Å². The van der Waals surface area contributed by atoms with E-state index in [9.17, 15) is 87.2 Å². The fourth-order valence-electron chi connectivity index (χ4n) is 10.1. The number of carboxylic acids is 2. The molecule has 0 saturated heterocycles. The van der Waals surface area contributed by atoms with Crippen molar-refractivity contribution in [1.29, 1.82) is 0 Å². The summed E-state index contributed by atoms with van der Waals surface area (Å²) in [6.45, 7) is 10.7. The number of aliphatic hydroxyl groups is 2.